The summed E-state index contributed by atoms with van der Waals surface area (Å²) in [4.78, 5) is 45.3. The fourth-order valence-corrected chi connectivity index (χ4v) is 5.83. The highest BCUT2D eigenvalue weighted by atomic mass is 19.1. The SMILES string of the molecule is O=C(Nc1cc(C(=O)N2CCCNCC2)ccc1N1CCN(C(=O)c2cccc(F)c2)CC1)C1CCCCC1. The zero-order chi connectivity index (χ0) is 27.2. The number of nitrogens with zero attached hydrogens (tertiary/aromatic N) is 3. The van der Waals surface area contributed by atoms with Crippen LogP contribution in [-0.4, -0.2) is 79.9 Å². The fourth-order valence-electron chi connectivity index (χ4n) is 5.83. The average molecular weight is 536 g/mol. The van der Waals surface area contributed by atoms with Crippen molar-refractivity contribution in [3.05, 3.63) is 59.4 Å². The van der Waals surface area contributed by atoms with Gasteiger partial charge in [-0.3, -0.25) is 14.4 Å². The van der Waals surface area contributed by atoms with E-state index in [1.54, 1.807) is 17.0 Å². The predicted molar refractivity (Wildman–Crippen MR) is 150 cm³/mol. The van der Waals surface area contributed by atoms with Gasteiger partial charge in [-0.25, -0.2) is 4.39 Å². The molecule has 2 N–H and O–H groups in total. The van der Waals surface area contributed by atoms with Crippen molar-refractivity contribution in [3.63, 3.8) is 0 Å². The molecule has 9 heteroatoms. The van der Waals surface area contributed by atoms with E-state index in [1.165, 1.54) is 18.6 Å². The molecule has 3 aliphatic rings. The Morgan fingerprint density at radius 1 is 0.769 bits per heavy atom. The van der Waals surface area contributed by atoms with Crippen LogP contribution in [0.2, 0.25) is 0 Å². The summed E-state index contributed by atoms with van der Waals surface area (Å²) in [7, 11) is 0. The van der Waals surface area contributed by atoms with E-state index in [9.17, 15) is 18.8 Å². The van der Waals surface area contributed by atoms with Crippen molar-refractivity contribution in [2.24, 2.45) is 5.92 Å². The summed E-state index contributed by atoms with van der Waals surface area (Å²) in [6, 6.07) is 11.4. The minimum atomic E-state index is -0.427. The molecule has 0 bridgehead atoms. The Labute approximate surface area is 229 Å². The number of rotatable bonds is 5. The second kappa shape index (κ2) is 12.6. The number of hydrogen-bond donors (Lipinski definition) is 2. The van der Waals surface area contributed by atoms with Crippen LogP contribution in [0.5, 0.6) is 0 Å². The summed E-state index contributed by atoms with van der Waals surface area (Å²) in [6.07, 6.45) is 5.99. The van der Waals surface area contributed by atoms with Crippen LogP contribution in [0.4, 0.5) is 15.8 Å². The zero-order valence-corrected chi connectivity index (χ0v) is 22.5. The first-order valence-electron chi connectivity index (χ1n) is 14.2. The molecule has 0 spiro atoms. The van der Waals surface area contributed by atoms with Crippen LogP contribution in [0.15, 0.2) is 42.5 Å². The first kappa shape index (κ1) is 27.1. The number of carbonyl (C=O) groups is 3. The molecule has 208 valence electrons. The Morgan fingerprint density at radius 2 is 1.49 bits per heavy atom. The van der Waals surface area contributed by atoms with E-state index in [0.717, 1.165) is 50.9 Å². The summed E-state index contributed by atoms with van der Waals surface area (Å²) >= 11 is 0. The second-order valence-corrected chi connectivity index (χ2v) is 10.7. The molecule has 0 atom stereocenters. The maximum atomic E-state index is 13.6. The van der Waals surface area contributed by atoms with Crippen molar-refractivity contribution in [1.29, 1.82) is 0 Å². The maximum Gasteiger partial charge on any atom is 0.254 e. The van der Waals surface area contributed by atoms with E-state index in [1.807, 2.05) is 23.1 Å². The first-order chi connectivity index (χ1) is 19.0. The molecule has 2 aromatic carbocycles. The van der Waals surface area contributed by atoms with Gasteiger partial charge >= 0.3 is 0 Å². The second-order valence-electron chi connectivity index (χ2n) is 10.7. The molecule has 0 radical (unpaired) electrons. The van der Waals surface area contributed by atoms with E-state index in [-0.39, 0.29) is 23.6 Å². The molecule has 5 rings (SSSR count). The summed E-state index contributed by atoms with van der Waals surface area (Å²) in [5, 5.41) is 6.50. The fraction of sp³-hybridized carbons (Fsp3) is 0.500. The third-order valence-electron chi connectivity index (χ3n) is 8.08. The molecule has 39 heavy (non-hydrogen) atoms. The highest BCUT2D eigenvalue weighted by Gasteiger charge is 2.27. The Morgan fingerprint density at radius 3 is 2.23 bits per heavy atom. The average Bonchev–Trinajstić information content (AvgIpc) is 3.27. The van der Waals surface area contributed by atoms with Crippen LogP contribution >= 0.6 is 0 Å². The van der Waals surface area contributed by atoms with Gasteiger partial charge in [-0.05, 0) is 62.2 Å². The topological polar surface area (TPSA) is 85.0 Å². The minimum Gasteiger partial charge on any atom is -0.366 e. The summed E-state index contributed by atoms with van der Waals surface area (Å²) < 4.78 is 13.6. The maximum absolute atomic E-state index is 13.6. The lowest BCUT2D eigenvalue weighted by molar-refractivity contribution is -0.120. The molecule has 2 heterocycles. The lowest BCUT2D eigenvalue weighted by Crippen LogP contribution is -2.49. The Kier molecular flexibility index (Phi) is 8.76. The smallest absolute Gasteiger partial charge is 0.254 e. The first-order valence-corrected chi connectivity index (χ1v) is 14.2. The van der Waals surface area contributed by atoms with Crippen molar-refractivity contribution >= 4 is 29.1 Å². The van der Waals surface area contributed by atoms with Gasteiger partial charge in [-0.15, -0.1) is 0 Å². The van der Waals surface area contributed by atoms with Crippen LogP contribution in [0.25, 0.3) is 0 Å². The molecule has 0 unspecified atom stereocenters. The van der Waals surface area contributed by atoms with Gasteiger partial charge in [-0.2, -0.15) is 0 Å². The van der Waals surface area contributed by atoms with Gasteiger partial charge in [0.1, 0.15) is 5.82 Å². The lowest BCUT2D eigenvalue weighted by Gasteiger charge is -2.37. The van der Waals surface area contributed by atoms with Crippen LogP contribution in [0.3, 0.4) is 0 Å². The van der Waals surface area contributed by atoms with Crippen LogP contribution in [0.1, 0.15) is 59.2 Å². The third kappa shape index (κ3) is 6.58. The van der Waals surface area contributed by atoms with E-state index in [0.29, 0.717) is 56.1 Å². The van der Waals surface area contributed by atoms with E-state index in [2.05, 4.69) is 15.5 Å². The van der Waals surface area contributed by atoms with Crippen molar-refractivity contribution in [2.75, 3.05) is 62.6 Å². The molecule has 1 aliphatic carbocycles. The molecular weight excluding hydrogens is 497 g/mol. The normalized spacial score (nSPS) is 18.9. The van der Waals surface area contributed by atoms with E-state index in [4.69, 9.17) is 0 Å². The molecular formula is C30H38FN5O3. The van der Waals surface area contributed by atoms with Gasteiger partial charge in [0.25, 0.3) is 11.8 Å². The Balaban J connectivity index is 1.33. The number of hydrogen-bond acceptors (Lipinski definition) is 5. The molecule has 2 saturated heterocycles. The molecule has 1 saturated carbocycles. The molecule has 8 nitrogen and oxygen atoms in total. The van der Waals surface area contributed by atoms with Crippen LogP contribution < -0.4 is 15.5 Å². The molecule has 3 fully saturated rings. The Bertz CT molecular complexity index is 1180. The van der Waals surface area contributed by atoms with Crippen molar-refractivity contribution in [2.45, 2.75) is 38.5 Å². The van der Waals surface area contributed by atoms with Gasteiger partial charge in [-0.1, -0.05) is 25.3 Å². The van der Waals surface area contributed by atoms with E-state index < -0.39 is 5.82 Å². The summed E-state index contributed by atoms with van der Waals surface area (Å²) in [6.45, 7) is 5.13. The van der Waals surface area contributed by atoms with Crippen molar-refractivity contribution in [3.8, 4) is 0 Å². The molecule has 2 aromatic rings. The third-order valence-corrected chi connectivity index (χ3v) is 8.08. The van der Waals surface area contributed by atoms with Gasteiger partial charge in [0.15, 0.2) is 0 Å². The standard InChI is InChI=1S/C30H38FN5O3/c31-25-9-4-8-23(20-25)29(38)36-18-16-34(17-19-36)27-11-10-24(30(39)35-14-5-12-32-13-15-35)21-26(27)33-28(37)22-6-2-1-3-7-22/h4,8-11,20-22,32H,1-3,5-7,12-19H2,(H,33,37). The number of nitrogens with one attached hydrogen (secondary N) is 2. The largest absolute Gasteiger partial charge is 0.366 e. The summed E-state index contributed by atoms with van der Waals surface area (Å²) in [5.74, 6) is -0.636. The van der Waals surface area contributed by atoms with Crippen molar-refractivity contribution in [1.82, 2.24) is 15.1 Å². The lowest BCUT2D eigenvalue weighted by atomic mass is 9.88. The Hall–Kier alpha value is -3.46. The van der Waals surface area contributed by atoms with Gasteiger partial charge in [0, 0.05) is 62.9 Å². The van der Waals surface area contributed by atoms with Crippen molar-refractivity contribution < 1.29 is 18.8 Å². The van der Waals surface area contributed by atoms with E-state index >= 15 is 0 Å². The number of amides is 3. The van der Waals surface area contributed by atoms with Crippen LogP contribution in [0, 0.1) is 11.7 Å². The molecule has 2 aliphatic heterocycles. The number of benzene rings is 2. The number of anilines is 2. The molecule has 3 amide bonds. The van der Waals surface area contributed by atoms with Gasteiger partial charge in [0.2, 0.25) is 5.91 Å². The van der Waals surface area contributed by atoms with Gasteiger partial charge in [0.05, 0.1) is 11.4 Å². The summed E-state index contributed by atoms with van der Waals surface area (Å²) in [5.41, 5.74) is 2.41. The number of carbonyl (C=O) groups excluding carboxylic acids is 3. The number of piperazine rings is 1. The monoisotopic (exact) mass is 535 g/mol. The van der Waals surface area contributed by atoms with Crippen LogP contribution in [-0.2, 0) is 4.79 Å². The highest BCUT2D eigenvalue weighted by molar-refractivity contribution is 6.01. The number of halogens is 1. The minimum absolute atomic E-state index is 0.0108. The highest BCUT2D eigenvalue weighted by Crippen LogP contribution is 2.32. The molecule has 0 aromatic heterocycles. The predicted octanol–water partition coefficient (Wildman–Crippen LogP) is 3.74. The quantitative estimate of drug-likeness (QED) is 0.610. The zero-order valence-electron chi connectivity index (χ0n) is 22.5. The van der Waals surface area contributed by atoms with Gasteiger partial charge < -0.3 is 25.3 Å².